The van der Waals surface area contributed by atoms with Crippen molar-refractivity contribution < 1.29 is 13.9 Å². The number of alkyl halides is 1. The van der Waals surface area contributed by atoms with Crippen molar-refractivity contribution in [3.05, 3.63) is 41.5 Å². The second-order valence-electron chi connectivity index (χ2n) is 7.38. The van der Waals surface area contributed by atoms with E-state index in [9.17, 15) is 10.1 Å². The summed E-state index contributed by atoms with van der Waals surface area (Å²) in [5.74, 6) is 0.440. The van der Waals surface area contributed by atoms with Crippen LogP contribution in [0.5, 0.6) is 5.75 Å². The molecule has 4 rings (SSSR count). The molecule has 2 aliphatic heterocycles. The Kier molecular flexibility index (Phi) is 5.01. The molecule has 0 unspecified atom stereocenters. The Balaban J connectivity index is 1.46. The first-order chi connectivity index (χ1) is 14.0. The molecule has 0 spiro atoms. The standard InChI is InChI=1S/C20H21FN6O2/c1-14-9-24-19(25-10-14)26-4-2-20(21,3-5-26)18(28)27-6-7-29-17-15(8-22)11-23-12-16(17)13-27/h9-12H,2-7,13H2,1H3. The fourth-order valence-electron chi connectivity index (χ4n) is 3.68. The number of nitrogens with zero attached hydrogens (tertiary/aromatic N) is 6. The normalized spacial score (nSPS) is 18.2. The van der Waals surface area contributed by atoms with Crippen LogP contribution in [0.4, 0.5) is 10.3 Å². The molecule has 8 nitrogen and oxygen atoms in total. The van der Waals surface area contributed by atoms with Gasteiger partial charge in [-0.25, -0.2) is 14.4 Å². The number of nitriles is 1. The van der Waals surface area contributed by atoms with Crippen LogP contribution in [0, 0.1) is 18.3 Å². The fourth-order valence-corrected chi connectivity index (χ4v) is 3.68. The highest BCUT2D eigenvalue weighted by Gasteiger charge is 2.45. The monoisotopic (exact) mass is 396 g/mol. The predicted octanol–water partition coefficient (Wildman–Crippen LogP) is 1.78. The average Bonchev–Trinajstić information content (AvgIpc) is 2.97. The molecule has 1 amide bonds. The van der Waals surface area contributed by atoms with Crippen LogP contribution in [0.2, 0.25) is 0 Å². The SMILES string of the molecule is Cc1cnc(N2CCC(F)(C(=O)N3CCOc4c(C#N)cncc4C3)CC2)nc1. The topological polar surface area (TPSA) is 95.2 Å². The largest absolute Gasteiger partial charge is 0.490 e. The minimum absolute atomic E-state index is 0.0732. The Labute approximate surface area is 168 Å². The number of aryl methyl sites for hydroxylation is 1. The van der Waals surface area contributed by atoms with E-state index in [1.165, 1.54) is 11.1 Å². The number of carbonyl (C=O) groups is 1. The number of hydrogen-bond acceptors (Lipinski definition) is 7. The summed E-state index contributed by atoms with van der Waals surface area (Å²) in [6.07, 6.45) is 6.58. The van der Waals surface area contributed by atoms with Gasteiger partial charge in [0.15, 0.2) is 5.67 Å². The third-order valence-electron chi connectivity index (χ3n) is 5.34. The summed E-state index contributed by atoms with van der Waals surface area (Å²) in [5, 5.41) is 9.21. The molecule has 29 heavy (non-hydrogen) atoms. The van der Waals surface area contributed by atoms with Gasteiger partial charge >= 0.3 is 0 Å². The Morgan fingerprint density at radius 3 is 2.62 bits per heavy atom. The Morgan fingerprint density at radius 1 is 1.21 bits per heavy atom. The molecular formula is C20H21FN6O2. The number of ether oxygens (including phenoxy) is 1. The first kappa shape index (κ1) is 19.1. The van der Waals surface area contributed by atoms with Crippen LogP contribution in [0.25, 0.3) is 0 Å². The van der Waals surface area contributed by atoms with E-state index in [-0.39, 0.29) is 32.5 Å². The zero-order chi connectivity index (χ0) is 20.4. The molecule has 2 aromatic heterocycles. The highest BCUT2D eigenvalue weighted by molar-refractivity contribution is 5.85. The van der Waals surface area contributed by atoms with Gasteiger partial charge in [-0.15, -0.1) is 0 Å². The van der Waals surface area contributed by atoms with Crippen LogP contribution in [0.1, 0.15) is 29.5 Å². The second-order valence-corrected chi connectivity index (χ2v) is 7.38. The molecule has 2 aliphatic rings. The molecule has 0 bridgehead atoms. The molecular weight excluding hydrogens is 375 g/mol. The zero-order valence-corrected chi connectivity index (χ0v) is 16.1. The lowest BCUT2D eigenvalue weighted by Gasteiger charge is -2.37. The maximum atomic E-state index is 15.6. The fraction of sp³-hybridized carbons (Fsp3) is 0.450. The summed E-state index contributed by atoms with van der Waals surface area (Å²) in [7, 11) is 0. The second kappa shape index (κ2) is 7.62. The van der Waals surface area contributed by atoms with Crippen molar-refractivity contribution in [2.45, 2.75) is 32.0 Å². The molecule has 150 valence electrons. The molecule has 2 aromatic rings. The lowest BCUT2D eigenvalue weighted by atomic mass is 9.91. The first-order valence-corrected chi connectivity index (χ1v) is 9.52. The number of halogens is 1. The van der Waals surface area contributed by atoms with Crippen molar-refractivity contribution in [1.29, 1.82) is 5.26 Å². The van der Waals surface area contributed by atoms with E-state index in [1.807, 2.05) is 17.9 Å². The molecule has 0 aliphatic carbocycles. The maximum Gasteiger partial charge on any atom is 0.260 e. The van der Waals surface area contributed by atoms with Gasteiger partial charge in [0.1, 0.15) is 24.0 Å². The van der Waals surface area contributed by atoms with Crippen molar-refractivity contribution in [2.24, 2.45) is 0 Å². The molecule has 9 heteroatoms. The summed E-state index contributed by atoms with van der Waals surface area (Å²) in [5.41, 5.74) is -0.0490. The molecule has 0 atom stereocenters. The van der Waals surface area contributed by atoms with Gasteiger partial charge in [-0.2, -0.15) is 5.26 Å². The number of piperidine rings is 1. The van der Waals surface area contributed by atoms with E-state index >= 15 is 4.39 Å². The Bertz CT molecular complexity index is 950. The first-order valence-electron chi connectivity index (χ1n) is 9.52. The van der Waals surface area contributed by atoms with Gasteiger partial charge in [-0.1, -0.05) is 0 Å². The van der Waals surface area contributed by atoms with E-state index in [1.54, 1.807) is 18.6 Å². The number of rotatable bonds is 2. The number of amides is 1. The number of pyridine rings is 1. The maximum absolute atomic E-state index is 15.6. The highest BCUT2D eigenvalue weighted by Crippen LogP contribution is 2.33. The van der Waals surface area contributed by atoms with Gasteiger partial charge in [0.05, 0.1) is 13.1 Å². The van der Waals surface area contributed by atoms with E-state index in [4.69, 9.17) is 4.74 Å². The van der Waals surface area contributed by atoms with Gasteiger partial charge in [0.25, 0.3) is 5.91 Å². The quantitative estimate of drug-likeness (QED) is 0.763. The van der Waals surface area contributed by atoms with E-state index < -0.39 is 11.6 Å². The van der Waals surface area contributed by atoms with Gasteiger partial charge in [-0.3, -0.25) is 9.78 Å². The van der Waals surface area contributed by atoms with Gasteiger partial charge in [0, 0.05) is 56.3 Å². The van der Waals surface area contributed by atoms with Crippen molar-refractivity contribution in [3.63, 3.8) is 0 Å². The number of anilines is 1. The number of fused-ring (bicyclic) bond motifs is 1. The van der Waals surface area contributed by atoms with Crippen LogP contribution in [-0.2, 0) is 11.3 Å². The zero-order valence-electron chi connectivity index (χ0n) is 16.1. The van der Waals surface area contributed by atoms with Gasteiger partial charge in [-0.05, 0) is 12.5 Å². The number of carbonyl (C=O) groups excluding carboxylic acids is 1. The molecule has 0 saturated carbocycles. The van der Waals surface area contributed by atoms with Crippen LogP contribution in [0.15, 0.2) is 24.8 Å². The van der Waals surface area contributed by atoms with Crippen molar-refractivity contribution in [3.8, 4) is 11.8 Å². The Morgan fingerprint density at radius 2 is 1.93 bits per heavy atom. The Hall–Kier alpha value is -3.28. The highest BCUT2D eigenvalue weighted by atomic mass is 19.1. The smallest absolute Gasteiger partial charge is 0.260 e. The lowest BCUT2D eigenvalue weighted by Crippen LogP contribution is -2.53. The van der Waals surface area contributed by atoms with Crippen LogP contribution in [-0.4, -0.2) is 57.7 Å². The third kappa shape index (κ3) is 3.70. The van der Waals surface area contributed by atoms with Crippen LogP contribution < -0.4 is 9.64 Å². The molecule has 0 radical (unpaired) electrons. The molecule has 1 fully saturated rings. The summed E-state index contributed by atoms with van der Waals surface area (Å²) in [6, 6.07) is 2.04. The summed E-state index contributed by atoms with van der Waals surface area (Å²) in [4.78, 5) is 29.0. The molecule has 4 heterocycles. The summed E-state index contributed by atoms with van der Waals surface area (Å²) >= 11 is 0. The van der Waals surface area contributed by atoms with E-state index in [0.29, 0.717) is 35.9 Å². The van der Waals surface area contributed by atoms with Crippen molar-refractivity contribution >= 4 is 11.9 Å². The third-order valence-corrected chi connectivity index (χ3v) is 5.34. The van der Waals surface area contributed by atoms with Crippen LogP contribution in [0.3, 0.4) is 0 Å². The van der Waals surface area contributed by atoms with E-state index in [0.717, 1.165) is 5.56 Å². The average molecular weight is 396 g/mol. The summed E-state index contributed by atoms with van der Waals surface area (Å²) < 4.78 is 21.2. The van der Waals surface area contributed by atoms with Crippen molar-refractivity contribution in [2.75, 3.05) is 31.1 Å². The lowest BCUT2D eigenvalue weighted by molar-refractivity contribution is -0.146. The molecule has 0 aromatic carbocycles. The van der Waals surface area contributed by atoms with Gasteiger partial charge < -0.3 is 14.5 Å². The van der Waals surface area contributed by atoms with Gasteiger partial charge in [0.2, 0.25) is 5.95 Å². The predicted molar refractivity (Wildman–Crippen MR) is 102 cm³/mol. The summed E-state index contributed by atoms with van der Waals surface area (Å²) in [6.45, 7) is 3.28. The van der Waals surface area contributed by atoms with Crippen LogP contribution >= 0.6 is 0 Å². The number of aromatic nitrogens is 3. The van der Waals surface area contributed by atoms with Crippen molar-refractivity contribution in [1.82, 2.24) is 19.9 Å². The minimum Gasteiger partial charge on any atom is -0.490 e. The minimum atomic E-state index is -1.94. The molecule has 0 N–H and O–H groups in total. The van der Waals surface area contributed by atoms with E-state index in [2.05, 4.69) is 15.0 Å². The number of hydrogen-bond donors (Lipinski definition) is 0. The molecule has 1 saturated heterocycles.